The first-order valence-corrected chi connectivity index (χ1v) is 6.90. The monoisotopic (exact) mass is 344 g/mol. The molecule has 3 atom stereocenters. The van der Waals surface area contributed by atoms with Gasteiger partial charge in [-0.1, -0.05) is 0 Å². The van der Waals surface area contributed by atoms with Crippen LogP contribution in [0.25, 0.3) is 0 Å². The van der Waals surface area contributed by atoms with Gasteiger partial charge in [-0.2, -0.15) is 27.1 Å². The van der Waals surface area contributed by atoms with Crippen LogP contribution < -0.4 is 0 Å². The van der Waals surface area contributed by atoms with E-state index < -0.39 is 59.6 Å². The maximum atomic E-state index is 13.5. The molecule has 0 aromatic carbocycles. The quantitative estimate of drug-likeness (QED) is 0.729. The number of ketones is 1. The third-order valence-electron chi connectivity index (χ3n) is 4.14. The molecule has 0 saturated heterocycles. The number of alkyl halides is 7. The third-order valence-corrected chi connectivity index (χ3v) is 4.14. The summed E-state index contributed by atoms with van der Waals surface area (Å²) in [4.78, 5) is 11.6. The van der Waals surface area contributed by atoms with E-state index in [0.717, 1.165) is 0 Å². The number of rotatable bonds is 1. The first-order chi connectivity index (χ1) is 10.5. The first kappa shape index (κ1) is 16.3. The molecule has 0 amide bonds. The lowest BCUT2D eigenvalue weighted by Gasteiger charge is -2.28. The molecule has 0 aliphatic heterocycles. The van der Waals surface area contributed by atoms with E-state index in [9.17, 15) is 35.5 Å². The Morgan fingerprint density at radius 3 is 2.17 bits per heavy atom. The number of nitrogens with zero attached hydrogens (tertiary/aromatic N) is 2. The maximum absolute atomic E-state index is 13.5. The average Bonchev–Trinajstić information content (AvgIpc) is 2.84. The Hall–Kier alpha value is -1.61. The zero-order valence-corrected chi connectivity index (χ0v) is 11.5. The smallest absolute Gasteiger partial charge is 0.287 e. The Morgan fingerprint density at radius 2 is 1.65 bits per heavy atom. The third kappa shape index (κ3) is 2.61. The van der Waals surface area contributed by atoms with Crippen molar-refractivity contribution in [3.05, 3.63) is 17.0 Å². The molecule has 0 bridgehead atoms. The van der Waals surface area contributed by atoms with Gasteiger partial charge in [0.1, 0.15) is 12.3 Å². The second-order valence-electron chi connectivity index (χ2n) is 5.88. The molecule has 1 saturated carbocycles. The van der Waals surface area contributed by atoms with E-state index in [1.165, 1.54) is 0 Å². The van der Waals surface area contributed by atoms with Gasteiger partial charge in [0.15, 0.2) is 5.69 Å². The van der Waals surface area contributed by atoms with Crippen molar-refractivity contribution in [2.24, 2.45) is 0 Å². The number of aromatic nitrogens is 2. The highest BCUT2D eigenvalue weighted by atomic mass is 19.4. The highest BCUT2D eigenvalue weighted by molar-refractivity contribution is 6.06. The predicted octanol–water partition coefficient (Wildman–Crippen LogP) is 3.68. The van der Waals surface area contributed by atoms with Gasteiger partial charge in [-0.3, -0.25) is 9.48 Å². The molecule has 3 nitrogen and oxygen atoms in total. The Labute approximate surface area is 125 Å². The Balaban J connectivity index is 2.10. The minimum atomic E-state index is -5.11. The lowest BCUT2D eigenvalue weighted by atomic mass is 9.92. The second-order valence-corrected chi connectivity index (χ2v) is 5.88. The summed E-state index contributed by atoms with van der Waals surface area (Å²) in [6, 6.07) is -1.12. The van der Waals surface area contributed by atoms with Crippen LogP contribution >= 0.6 is 0 Å². The summed E-state index contributed by atoms with van der Waals surface area (Å²) >= 11 is 0. The van der Waals surface area contributed by atoms with Crippen molar-refractivity contribution >= 4 is 5.78 Å². The van der Waals surface area contributed by atoms with Crippen LogP contribution in [0.2, 0.25) is 0 Å². The summed E-state index contributed by atoms with van der Waals surface area (Å²) in [6.07, 6.45) is -10.6. The van der Waals surface area contributed by atoms with Crippen molar-refractivity contribution in [3.63, 3.8) is 0 Å². The van der Waals surface area contributed by atoms with Crippen LogP contribution in [0.15, 0.2) is 0 Å². The van der Waals surface area contributed by atoms with Crippen molar-refractivity contribution in [2.75, 3.05) is 0 Å². The van der Waals surface area contributed by atoms with Gasteiger partial charge in [0.2, 0.25) is 5.78 Å². The van der Waals surface area contributed by atoms with Gasteiger partial charge in [0.05, 0.1) is 23.7 Å². The molecular formula is C13H11F7N2O. The molecule has 0 N–H and O–H groups in total. The number of hydrogen-bond acceptors (Lipinski definition) is 2. The van der Waals surface area contributed by atoms with Crippen molar-refractivity contribution in [2.45, 2.75) is 56.2 Å². The van der Waals surface area contributed by atoms with Crippen LogP contribution in [0.5, 0.6) is 0 Å². The lowest BCUT2D eigenvalue weighted by molar-refractivity contribution is -0.142. The van der Waals surface area contributed by atoms with Gasteiger partial charge in [-0.05, 0) is 0 Å². The number of Topliss-reactive ketones (excluding diaryl/α,β-unsaturated/α-hetero) is 1. The fourth-order valence-electron chi connectivity index (χ4n) is 3.21. The van der Waals surface area contributed by atoms with E-state index in [2.05, 4.69) is 5.10 Å². The summed E-state index contributed by atoms with van der Waals surface area (Å²) in [5.74, 6) is -5.91. The van der Waals surface area contributed by atoms with Crippen molar-refractivity contribution < 1.29 is 35.5 Å². The normalized spacial score (nSPS) is 30.6. The molecule has 0 spiro atoms. The van der Waals surface area contributed by atoms with E-state index in [-0.39, 0.29) is 19.3 Å². The van der Waals surface area contributed by atoms with Crippen molar-refractivity contribution in [1.29, 1.82) is 0 Å². The minimum Gasteiger partial charge on any atom is -0.287 e. The van der Waals surface area contributed by atoms with Crippen LogP contribution in [-0.2, 0) is 12.6 Å². The molecule has 2 aliphatic rings. The van der Waals surface area contributed by atoms with E-state index in [0.29, 0.717) is 4.68 Å². The summed E-state index contributed by atoms with van der Waals surface area (Å²) in [7, 11) is 0. The molecule has 128 valence electrons. The zero-order chi connectivity index (χ0) is 17.2. The highest BCUT2D eigenvalue weighted by Gasteiger charge is 2.55. The van der Waals surface area contributed by atoms with Gasteiger partial charge in [-0.25, -0.2) is 8.78 Å². The lowest BCUT2D eigenvalue weighted by Crippen LogP contribution is -2.30. The van der Waals surface area contributed by atoms with Gasteiger partial charge >= 0.3 is 12.1 Å². The minimum absolute atomic E-state index is 0.328. The first-order valence-electron chi connectivity index (χ1n) is 6.90. The molecular weight excluding hydrogens is 333 g/mol. The molecule has 3 rings (SSSR count). The number of carbonyl (C=O) groups excluding carboxylic acids is 1. The second kappa shape index (κ2) is 4.94. The number of hydrogen-bond donors (Lipinski definition) is 0. The molecule has 23 heavy (non-hydrogen) atoms. The Morgan fingerprint density at radius 1 is 1.09 bits per heavy atom. The molecule has 10 heteroatoms. The average molecular weight is 344 g/mol. The Bertz CT molecular complexity index is 641. The number of halogens is 7. The van der Waals surface area contributed by atoms with Gasteiger partial charge in [0.25, 0.3) is 0 Å². The SMILES string of the molecule is O=C1c2c(C(F)(F)F)nn(C3C[C@@H](F)C[C@@H](F)C3)c2CC1(F)F. The molecule has 0 radical (unpaired) electrons. The summed E-state index contributed by atoms with van der Waals surface area (Å²) in [5, 5.41) is 3.22. The molecule has 1 heterocycles. The standard InChI is InChI=1S/C13H11F7N2O/c14-5-1-6(15)3-7(2-5)22-8-4-12(16,17)11(23)9(8)10(21-22)13(18,19)20/h5-7H,1-4H2/t5-,6+,7?. The van der Waals surface area contributed by atoms with E-state index in [1.807, 2.05) is 0 Å². The van der Waals surface area contributed by atoms with Gasteiger partial charge in [-0.15, -0.1) is 0 Å². The number of fused-ring (bicyclic) bond motifs is 1. The zero-order valence-electron chi connectivity index (χ0n) is 11.5. The molecule has 1 aromatic heterocycles. The molecule has 1 aromatic rings. The van der Waals surface area contributed by atoms with E-state index in [4.69, 9.17) is 0 Å². The Kier molecular flexibility index (Phi) is 3.49. The predicted molar refractivity (Wildman–Crippen MR) is 62.9 cm³/mol. The highest BCUT2D eigenvalue weighted by Crippen LogP contribution is 2.44. The molecule has 2 aliphatic carbocycles. The van der Waals surface area contributed by atoms with Crippen molar-refractivity contribution in [3.8, 4) is 0 Å². The van der Waals surface area contributed by atoms with Crippen LogP contribution in [0.1, 0.15) is 47.1 Å². The fraction of sp³-hybridized carbons (Fsp3) is 0.692. The number of carbonyl (C=O) groups is 1. The van der Waals surface area contributed by atoms with Crippen molar-refractivity contribution in [1.82, 2.24) is 9.78 Å². The van der Waals surface area contributed by atoms with E-state index in [1.54, 1.807) is 0 Å². The van der Waals surface area contributed by atoms with Gasteiger partial charge < -0.3 is 0 Å². The molecule has 1 fully saturated rings. The van der Waals surface area contributed by atoms with Crippen LogP contribution in [-0.4, -0.2) is 33.8 Å². The fourth-order valence-corrected chi connectivity index (χ4v) is 3.21. The molecule has 1 unspecified atom stereocenters. The van der Waals surface area contributed by atoms with E-state index >= 15 is 0 Å². The van der Waals surface area contributed by atoms with Crippen LogP contribution in [0.3, 0.4) is 0 Å². The topological polar surface area (TPSA) is 34.9 Å². The van der Waals surface area contributed by atoms with Gasteiger partial charge in [0, 0.05) is 19.3 Å². The maximum Gasteiger partial charge on any atom is 0.435 e. The van der Waals surface area contributed by atoms with Crippen LogP contribution in [0, 0.1) is 0 Å². The summed E-state index contributed by atoms with van der Waals surface area (Å²) in [6.45, 7) is 0. The summed E-state index contributed by atoms with van der Waals surface area (Å²) < 4.78 is 93.5. The van der Waals surface area contributed by atoms with Crippen LogP contribution in [0.4, 0.5) is 30.7 Å². The largest absolute Gasteiger partial charge is 0.435 e. The summed E-state index contributed by atoms with van der Waals surface area (Å²) in [5.41, 5.74) is -3.50.